The molecule has 0 radical (unpaired) electrons. The lowest BCUT2D eigenvalue weighted by atomic mass is 9.95. The minimum absolute atomic E-state index is 0.0640. The van der Waals surface area contributed by atoms with Crippen molar-refractivity contribution in [3.63, 3.8) is 0 Å². The maximum absolute atomic E-state index is 16.5. The molecule has 1 aromatic carbocycles. The van der Waals surface area contributed by atoms with Gasteiger partial charge in [0.2, 0.25) is 0 Å². The normalized spacial score (nSPS) is 25.9. The van der Waals surface area contributed by atoms with Crippen molar-refractivity contribution in [1.82, 2.24) is 25.2 Å². The molecule has 2 bridgehead atoms. The molecule has 5 aliphatic rings. The summed E-state index contributed by atoms with van der Waals surface area (Å²) in [7, 11) is 0. The van der Waals surface area contributed by atoms with E-state index in [0.717, 1.165) is 81.6 Å². The van der Waals surface area contributed by atoms with Crippen LogP contribution in [0.4, 0.5) is 10.2 Å². The third-order valence-corrected chi connectivity index (χ3v) is 10.1. The van der Waals surface area contributed by atoms with Crippen molar-refractivity contribution in [3.05, 3.63) is 40.8 Å². The third kappa shape index (κ3) is 4.09. The molecule has 6 heterocycles. The molecule has 4 aliphatic heterocycles. The van der Waals surface area contributed by atoms with Crippen LogP contribution >= 0.6 is 11.6 Å². The molecule has 39 heavy (non-hydrogen) atoms. The number of fused-ring (bicyclic) bond motifs is 4. The average molecular weight is 549 g/mol. The number of anilines is 1. The van der Waals surface area contributed by atoms with E-state index < -0.39 is 5.82 Å². The highest BCUT2D eigenvalue weighted by molar-refractivity contribution is 6.31. The number of halogens is 2. The number of hydrogen-bond donors (Lipinski definition) is 1. The van der Waals surface area contributed by atoms with Gasteiger partial charge >= 0.3 is 6.01 Å². The monoisotopic (exact) mass is 548 g/mol. The zero-order valence-corrected chi connectivity index (χ0v) is 22.9. The minimum Gasteiger partial charge on any atom is -0.461 e. The molecule has 0 spiro atoms. The maximum atomic E-state index is 16.5. The second kappa shape index (κ2) is 9.25. The molecule has 2 atom stereocenters. The lowest BCUT2D eigenvalue weighted by Crippen LogP contribution is -2.51. The Balaban J connectivity index is 1.23. The first-order valence-electron chi connectivity index (χ1n) is 14.6. The van der Waals surface area contributed by atoms with E-state index in [-0.39, 0.29) is 17.1 Å². The second-order valence-electron chi connectivity index (χ2n) is 12.2. The van der Waals surface area contributed by atoms with Gasteiger partial charge < -0.3 is 15.0 Å². The van der Waals surface area contributed by atoms with Crippen LogP contribution in [0.25, 0.3) is 22.2 Å². The van der Waals surface area contributed by atoms with Crippen LogP contribution < -0.4 is 15.0 Å². The van der Waals surface area contributed by atoms with Crippen molar-refractivity contribution in [2.45, 2.75) is 74.9 Å². The Morgan fingerprint density at radius 1 is 1.05 bits per heavy atom. The van der Waals surface area contributed by atoms with Crippen LogP contribution in [0.1, 0.15) is 62.8 Å². The third-order valence-electron chi connectivity index (χ3n) is 9.73. The van der Waals surface area contributed by atoms with Gasteiger partial charge in [-0.25, -0.2) is 4.39 Å². The lowest BCUT2D eigenvalue weighted by molar-refractivity contribution is 0.108. The van der Waals surface area contributed by atoms with E-state index >= 15 is 4.39 Å². The zero-order valence-electron chi connectivity index (χ0n) is 22.1. The SMILES string of the molecule is Fc1c(-c2cccc(Cl)c2C2CC2)ncc2c(N3CC4CCC(C3)N4)nc(OCC34CCCN3CCC4)nc12. The second-order valence-corrected chi connectivity index (χ2v) is 12.6. The average Bonchev–Trinajstić information content (AvgIpc) is 3.44. The van der Waals surface area contributed by atoms with Crippen molar-refractivity contribution < 1.29 is 9.13 Å². The first kappa shape index (κ1) is 24.3. The summed E-state index contributed by atoms with van der Waals surface area (Å²) in [4.78, 5) is 19.2. The number of ether oxygens (including phenoxy) is 1. The van der Waals surface area contributed by atoms with Gasteiger partial charge in [-0.1, -0.05) is 23.7 Å². The highest BCUT2D eigenvalue weighted by atomic mass is 35.5. The summed E-state index contributed by atoms with van der Waals surface area (Å²) in [6.45, 7) is 4.48. The summed E-state index contributed by atoms with van der Waals surface area (Å²) in [6.07, 6.45) is 10.9. The highest BCUT2D eigenvalue weighted by Gasteiger charge is 2.45. The molecule has 2 aromatic heterocycles. The molecule has 3 aromatic rings. The molecule has 9 heteroatoms. The van der Waals surface area contributed by atoms with Crippen LogP contribution in [0.2, 0.25) is 5.02 Å². The van der Waals surface area contributed by atoms with Crippen molar-refractivity contribution in [3.8, 4) is 17.3 Å². The van der Waals surface area contributed by atoms with Gasteiger partial charge in [0.25, 0.3) is 0 Å². The van der Waals surface area contributed by atoms with E-state index in [9.17, 15) is 0 Å². The standard InChI is InChI=1S/C30H34ClFN6O/c31-23-5-1-4-21(24(23)18-6-7-18)26-25(32)27-22(14-33-26)28(37-15-19-8-9-20(16-37)34-19)36-29(35-27)39-17-30-10-2-12-38(30)13-3-11-30/h1,4-5,14,18-20,34H,2-3,6-13,15-17H2. The van der Waals surface area contributed by atoms with Gasteiger partial charge in [0.15, 0.2) is 5.82 Å². The van der Waals surface area contributed by atoms with Gasteiger partial charge in [0.05, 0.1) is 10.9 Å². The molecule has 4 saturated heterocycles. The smallest absolute Gasteiger partial charge is 0.319 e. The Labute approximate surface area is 233 Å². The quantitative estimate of drug-likeness (QED) is 0.448. The Hall–Kier alpha value is -2.55. The molecule has 1 saturated carbocycles. The Morgan fingerprint density at radius 2 is 1.82 bits per heavy atom. The van der Waals surface area contributed by atoms with E-state index in [1.807, 2.05) is 18.2 Å². The number of nitrogens with one attached hydrogen (secondary N) is 1. The summed E-state index contributed by atoms with van der Waals surface area (Å²) in [6, 6.07) is 6.80. The molecule has 2 unspecified atom stereocenters. The molecule has 1 N–H and O–H groups in total. The lowest BCUT2D eigenvalue weighted by Gasteiger charge is -2.34. The fourth-order valence-electron chi connectivity index (χ4n) is 7.68. The van der Waals surface area contributed by atoms with Gasteiger partial charge in [0.1, 0.15) is 23.6 Å². The first-order valence-corrected chi connectivity index (χ1v) is 15.0. The van der Waals surface area contributed by atoms with Gasteiger partial charge in [-0.05, 0) is 82.0 Å². The number of pyridine rings is 1. The maximum Gasteiger partial charge on any atom is 0.319 e. The number of hydrogen-bond acceptors (Lipinski definition) is 7. The number of rotatable bonds is 6. The van der Waals surface area contributed by atoms with Crippen LogP contribution in [0.15, 0.2) is 24.4 Å². The summed E-state index contributed by atoms with van der Waals surface area (Å²) < 4.78 is 22.9. The summed E-state index contributed by atoms with van der Waals surface area (Å²) in [5.41, 5.74) is 2.41. The van der Waals surface area contributed by atoms with E-state index in [2.05, 4.69) is 20.1 Å². The zero-order chi connectivity index (χ0) is 26.1. The van der Waals surface area contributed by atoms with Gasteiger partial charge in [0, 0.05) is 42.0 Å². The van der Waals surface area contributed by atoms with Crippen molar-refractivity contribution in [2.24, 2.45) is 0 Å². The van der Waals surface area contributed by atoms with Gasteiger partial charge in [-0.2, -0.15) is 9.97 Å². The summed E-state index contributed by atoms with van der Waals surface area (Å²) in [5, 5.41) is 5.00. The van der Waals surface area contributed by atoms with Crippen molar-refractivity contribution in [2.75, 3.05) is 37.7 Å². The molecule has 204 valence electrons. The fraction of sp³-hybridized carbons (Fsp3) is 0.567. The molecule has 1 aliphatic carbocycles. The predicted molar refractivity (Wildman–Crippen MR) is 150 cm³/mol. The van der Waals surface area contributed by atoms with Crippen LogP contribution in [0, 0.1) is 5.82 Å². The van der Waals surface area contributed by atoms with E-state index in [4.69, 9.17) is 26.3 Å². The highest BCUT2D eigenvalue weighted by Crippen LogP contribution is 2.48. The van der Waals surface area contributed by atoms with E-state index in [1.54, 1.807) is 6.20 Å². The molecular weight excluding hydrogens is 515 g/mol. The van der Waals surface area contributed by atoms with E-state index in [1.165, 1.54) is 12.8 Å². The van der Waals surface area contributed by atoms with E-state index in [0.29, 0.717) is 40.7 Å². The number of aromatic nitrogens is 3. The Morgan fingerprint density at radius 3 is 2.56 bits per heavy atom. The van der Waals surface area contributed by atoms with Crippen LogP contribution in [-0.4, -0.2) is 70.3 Å². The summed E-state index contributed by atoms with van der Waals surface area (Å²) in [5.74, 6) is 0.665. The first-order chi connectivity index (χ1) is 19.1. The number of benzene rings is 1. The number of piperazine rings is 1. The topological polar surface area (TPSA) is 66.4 Å². The number of nitrogens with zero attached hydrogens (tertiary/aromatic N) is 5. The van der Waals surface area contributed by atoms with Crippen LogP contribution in [0.5, 0.6) is 6.01 Å². The molecular formula is C30H34ClFN6O. The van der Waals surface area contributed by atoms with Gasteiger partial charge in [-0.15, -0.1) is 0 Å². The Kier molecular flexibility index (Phi) is 5.75. The Bertz CT molecular complexity index is 1420. The van der Waals surface area contributed by atoms with Gasteiger partial charge in [-0.3, -0.25) is 9.88 Å². The fourth-order valence-corrected chi connectivity index (χ4v) is 8.00. The van der Waals surface area contributed by atoms with Crippen molar-refractivity contribution in [1.29, 1.82) is 0 Å². The molecule has 8 rings (SSSR count). The summed E-state index contributed by atoms with van der Waals surface area (Å²) >= 11 is 6.60. The largest absolute Gasteiger partial charge is 0.461 e. The minimum atomic E-state index is -0.426. The van der Waals surface area contributed by atoms with Crippen molar-refractivity contribution >= 4 is 28.3 Å². The van der Waals surface area contributed by atoms with Crippen LogP contribution in [0.3, 0.4) is 0 Å². The molecule has 0 amide bonds. The predicted octanol–water partition coefficient (Wildman–Crippen LogP) is 5.31. The van der Waals surface area contributed by atoms with Crippen LogP contribution in [-0.2, 0) is 0 Å². The molecule has 7 nitrogen and oxygen atoms in total. The molecule has 5 fully saturated rings.